The van der Waals surface area contributed by atoms with Gasteiger partial charge in [0.2, 0.25) is 0 Å². The van der Waals surface area contributed by atoms with Crippen LogP contribution in [0.1, 0.15) is 33.1 Å². The quantitative estimate of drug-likeness (QED) is 0.654. The Hall–Kier alpha value is -0.210. The van der Waals surface area contributed by atoms with Gasteiger partial charge in [0.25, 0.3) is 5.90 Å². The smallest absolute Gasteiger partial charge is 0.283 e. The number of hydrogen-bond acceptors (Lipinski definition) is 3. The Morgan fingerprint density at radius 2 is 2.10 bits per heavy atom. The lowest BCUT2D eigenvalue weighted by molar-refractivity contribution is 0.0198. The summed E-state index contributed by atoms with van der Waals surface area (Å²) in [6.07, 6.45) is 2.88. The van der Waals surface area contributed by atoms with Crippen molar-refractivity contribution in [3.05, 3.63) is 42.5 Å². The van der Waals surface area contributed by atoms with Crippen LogP contribution in [-0.2, 0) is 11.8 Å². The summed E-state index contributed by atoms with van der Waals surface area (Å²) in [6, 6.07) is 10.3. The zero-order chi connectivity index (χ0) is 14.8. The molecule has 0 spiro atoms. The van der Waals surface area contributed by atoms with E-state index in [0.717, 1.165) is 19.3 Å². The topological polar surface area (TPSA) is 20.2 Å². The molecule has 2 rings (SSSR count). The van der Waals surface area contributed by atoms with E-state index >= 15 is 0 Å². The normalized spacial score (nSPS) is 30.9. The van der Waals surface area contributed by atoms with Gasteiger partial charge in [-0.1, -0.05) is 30.4 Å². The average molecular weight is 325 g/mol. The molecular weight excluding hydrogens is 303 g/mol. The van der Waals surface area contributed by atoms with Crippen molar-refractivity contribution in [2.24, 2.45) is 5.92 Å². The highest BCUT2D eigenvalue weighted by Crippen LogP contribution is 2.50. The molecule has 1 unspecified atom stereocenters. The van der Waals surface area contributed by atoms with Crippen LogP contribution in [0.3, 0.4) is 0 Å². The van der Waals surface area contributed by atoms with Crippen molar-refractivity contribution in [3.8, 4) is 0 Å². The third-order valence-corrected chi connectivity index (χ3v) is 9.32. The van der Waals surface area contributed by atoms with E-state index in [4.69, 9.17) is 11.8 Å². The summed E-state index contributed by atoms with van der Waals surface area (Å²) in [5.74, 6) is -0.155. The van der Waals surface area contributed by atoms with Gasteiger partial charge in [-0.15, -0.1) is 0 Å². The van der Waals surface area contributed by atoms with E-state index < -0.39 is 11.5 Å². The Kier molecular flexibility index (Phi) is 5.42. The highest BCUT2D eigenvalue weighted by molar-refractivity contribution is 8.66. The first-order valence-corrected chi connectivity index (χ1v) is 10.8. The summed E-state index contributed by atoms with van der Waals surface area (Å²) in [5, 5.41) is 12.1. The van der Waals surface area contributed by atoms with Crippen molar-refractivity contribution >= 4 is 34.4 Å². The van der Waals surface area contributed by atoms with Gasteiger partial charge in [0.05, 0.1) is 10.9 Å². The molecule has 0 aliphatic heterocycles. The zero-order valence-electron chi connectivity index (χ0n) is 12.1. The minimum absolute atomic E-state index is 0.210. The van der Waals surface area contributed by atoms with Gasteiger partial charge in [-0.2, -0.15) is 0 Å². The molecule has 20 heavy (non-hydrogen) atoms. The summed E-state index contributed by atoms with van der Waals surface area (Å²) in [6.45, 7) is 8.15. The van der Waals surface area contributed by atoms with E-state index in [1.54, 1.807) is 11.4 Å². The maximum Gasteiger partial charge on any atom is 0.283 e. The lowest BCUT2D eigenvalue weighted by Crippen LogP contribution is -2.42. The standard InChI is InChI=1S/C16H22OPS2/c1-12(2)13-9-10-16(3,17)15(11-13)20-18(19)14-7-5-4-6-8-14/h4-8,13,15,17H,1,9-11H2,2-3H3/q+1/t13-,15+,16+/m0/s1. The summed E-state index contributed by atoms with van der Waals surface area (Å²) < 4.78 is 0. The highest BCUT2D eigenvalue weighted by atomic mass is 32.9. The summed E-state index contributed by atoms with van der Waals surface area (Å²) in [4.78, 5) is 0. The SMILES string of the molecule is C=C(C)[C@H]1CC[C@@](C)(O)[C@H](S[P+](=S)c2ccccc2)C1. The molecule has 1 aliphatic rings. The van der Waals surface area contributed by atoms with Crippen LogP contribution in [0.5, 0.6) is 0 Å². The molecule has 1 nitrogen and oxygen atoms in total. The Morgan fingerprint density at radius 1 is 1.45 bits per heavy atom. The van der Waals surface area contributed by atoms with Gasteiger partial charge in [-0.3, -0.25) is 0 Å². The van der Waals surface area contributed by atoms with Crippen molar-refractivity contribution in [3.63, 3.8) is 0 Å². The average Bonchev–Trinajstić information content (AvgIpc) is 2.41. The minimum atomic E-state index is -0.685. The van der Waals surface area contributed by atoms with Crippen LogP contribution in [-0.4, -0.2) is 16.0 Å². The molecule has 1 aromatic rings. The van der Waals surface area contributed by atoms with Crippen molar-refractivity contribution in [2.75, 3.05) is 0 Å². The Labute approximate surface area is 132 Å². The monoisotopic (exact) mass is 325 g/mol. The Bertz CT molecular complexity index is 498. The third kappa shape index (κ3) is 3.92. The molecule has 1 aliphatic carbocycles. The Morgan fingerprint density at radius 3 is 2.70 bits per heavy atom. The van der Waals surface area contributed by atoms with Gasteiger partial charge in [0, 0.05) is 0 Å². The number of aliphatic hydroxyl groups is 1. The van der Waals surface area contributed by atoms with Crippen molar-refractivity contribution in [1.82, 2.24) is 0 Å². The maximum absolute atomic E-state index is 10.6. The van der Waals surface area contributed by atoms with Crippen molar-refractivity contribution in [2.45, 2.75) is 44.0 Å². The van der Waals surface area contributed by atoms with Crippen LogP contribution < -0.4 is 5.30 Å². The van der Waals surface area contributed by atoms with Crippen molar-refractivity contribution in [1.29, 1.82) is 0 Å². The first-order chi connectivity index (χ1) is 9.40. The molecule has 1 N–H and O–H groups in total. The second-order valence-electron chi connectivity index (χ2n) is 5.86. The zero-order valence-corrected chi connectivity index (χ0v) is 14.6. The molecule has 0 amide bonds. The fraction of sp³-hybridized carbons (Fsp3) is 0.500. The fourth-order valence-corrected chi connectivity index (χ4v) is 7.68. The predicted molar refractivity (Wildman–Crippen MR) is 94.5 cm³/mol. The number of benzene rings is 1. The Balaban J connectivity index is 2.09. The van der Waals surface area contributed by atoms with Gasteiger partial charge in [0.1, 0.15) is 11.4 Å². The fourth-order valence-electron chi connectivity index (χ4n) is 2.59. The molecule has 0 heterocycles. The van der Waals surface area contributed by atoms with Crippen LogP contribution in [0.4, 0.5) is 0 Å². The van der Waals surface area contributed by atoms with E-state index in [9.17, 15) is 5.11 Å². The molecule has 1 fully saturated rings. The van der Waals surface area contributed by atoms with E-state index in [2.05, 4.69) is 25.6 Å². The number of allylic oxidation sites excluding steroid dienone is 1. The molecule has 1 saturated carbocycles. The van der Waals surface area contributed by atoms with Crippen LogP contribution >= 0.6 is 17.3 Å². The van der Waals surface area contributed by atoms with Gasteiger partial charge in [-0.05, 0) is 51.2 Å². The molecule has 108 valence electrons. The second kappa shape index (κ2) is 6.70. The van der Waals surface area contributed by atoms with E-state index in [1.807, 2.05) is 25.1 Å². The molecule has 4 atom stereocenters. The van der Waals surface area contributed by atoms with Gasteiger partial charge >= 0.3 is 0 Å². The lowest BCUT2D eigenvalue weighted by Gasteiger charge is -2.38. The first-order valence-electron chi connectivity index (χ1n) is 6.97. The first kappa shape index (κ1) is 16.2. The van der Waals surface area contributed by atoms with Gasteiger partial charge in [-0.25, -0.2) is 0 Å². The molecule has 0 radical (unpaired) electrons. The third-order valence-electron chi connectivity index (χ3n) is 4.08. The van der Waals surface area contributed by atoms with Gasteiger partial charge < -0.3 is 5.11 Å². The minimum Gasteiger partial charge on any atom is -0.389 e. The number of rotatable bonds is 4. The maximum atomic E-state index is 10.6. The van der Waals surface area contributed by atoms with Gasteiger partial charge in [0.15, 0.2) is 17.1 Å². The van der Waals surface area contributed by atoms with E-state index in [-0.39, 0.29) is 5.25 Å². The number of hydrogen-bond donors (Lipinski definition) is 1. The van der Waals surface area contributed by atoms with Crippen LogP contribution in [0.25, 0.3) is 0 Å². The molecular formula is C16H22OPS2+. The molecule has 1 aromatic carbocycles. The predicted octanol–water partition coefficient (Wildman–Crippen LogP) is 4.40. The van der Waals surface area contributed by atoms with Crippen LogP contribution in [0, 0.1) is 5.92 Å². The summed E-state index contributed by atoms with van der Waals surface area (Å²) in [5.41, 5.74) is 0.629. The van der Waals surface area contributed by atoms with Crippen LogP contribution in [0.15, 0.2) is 42.5 Å². The molecule has 0 bridgehead atoms. The van der Waals surface area contributed by atoms with Crippen molar-refractivity contribution < 1.29 is 5.11 Å². The van der Waals surface area contributed by atoms with Crippen LogP contribution in [0.2, 0.25) is 0 Å². The highest BCUT2D eigenvalue weighted by Gasteiger charge is 2.43. The largest absolute Gasteiger partial charge is 0.389 e. The van der Waals surface area contributed by atoms with E-state index in [0.29, 0.717) is 5.92 Å². The molecule has 0 aromatic heterocycles. The summed E-state index contributed by atoms with van der Waals surface area (Å²) >= 11 is 7.48. The lowest BCUT2D eigenvalue weighted by atomic mass is 9.77. The van der Waals surface area contributed by atoms with E-state index in [1.165, 1.54) is 10.9 Å². The summed E-state index contributed by atoms with van der Waals surface area (Å²) in [7, 11) is 0. The molecule has 4 heteroatoms. The second-order valence-corrected chi connectivity index (χ2v) is 11.2. The molecule has 0 saturated heterocycles.